The van der Waals surface area contributed by atoms with Crippen molar-refractivity contribution in [2.75, 3.05) is 0 Å². The van der Waals surface area contributed by atoms with Gasteiger partial charge in [0.15, 0.2) is 0 Å². The Kier molecular flexibility index (Phi) is 7.81. The molecule has 0 amide bonds. The van der Waals surface area contributed by atoms with Gasteiger partial charge in [-0.05, 0) is 170 Å². The van der Waals surface area contributed by atoms with Crippen LogP contribution in [0.4, 0.5) is 0 Å². The van der Waals surface area contributed by atoms with Crippen LogP contribution in [0.3, 0.4) is 0 Å². The summed E-state index contributed by atoms with van der Waals surface area (Å²) in [6.07, 6.45) is 0. The van der Waals surface area contributed by atoms with Crippen molar-refractivity contribution in [1.29, 1.82) is 0 Å². The Morgan fingerprint density at radius 2 is 0.397 bits per heavy atom. The van der Waals surface area contributed by atoms with Crippen LogP contribution in [0.25, 0.3) is 153 Å². The van der Waals surface area contributed by atoms with Crippen LogP contribution in [0.5, 0.6) is 0 Å². The molecule has 15 aromatic rings. The highest BCUT2D eigenvalue weighted by molar-refractivity contribution is 6.27. The Hall–Kier alpha value is -8.98. The third kappa shape index (κ3) is 5.58. The molecule has 0 fully saturated rings. The van der Waals surface area contributed by atoms with E-state index in [2.05, 4.69) is 231 Å². The molecule has 0 aliphatic rings. The molecule has 0 radical (unpaired) electrons. The van der Waals surface area contributed by atoms with E-state index in [1.807, 2.05) is 0 Å². The van der Waals surface area contributed by atoms with E-state index in [-0.39, 0.29) is 0 Å². The molecule has 0 saturated heterocycles. The summed E-state index contributed by atoms with van der Waals surface area (Å²) in [7, 11) is 0. The van der Waals surface area contributed by atoms with Crippen molar-refractivity contribution < 1.29 is 8.83 Å². The fraction of sp³-hybridized carbons (Fsp3) is 0. The van der Waals surface area contributed by atoms with Crippen LogP contribution in [0, 0.1) is 0 Å². The van der Waals surface area contributed by atoms with Gasteiger partial charge in [0, 0.05) is 21.5 Å². The van der Waals surface area contributed by atoms with E-state index in [1.54, 1.807) is 0 Å². The Labute approximate surface area is 390 Å². The van der Waals surface area contributed by atoms with E-state index in [0.29, 0.717) is 0 Å². The molecule has 0 saturated carbocycles. The molecule has 0 aliphatic heterocycles. The maximum Gasteiger partial charge on any atom is 0.136 e. The summed E-state index contributed by atoms with van der Waals surface area (Å²) >= 11 is 0. The first-order valence-corrected chi connectivity index (χ1v) is 23.4. The zero-order chi connectivity index (χ0) is 44.5. The third-order valence-electron chi connectivity index (χ3n) is 14.6. The molecule has 0 bridgehead atoms. The molecule has 2 aromatic heterocycles. The lowest BCUT2D eigenvalue weighted by Crippen LogP contribution is -1.86. The van der Waals surface area contributed by atoms with Gasteiger partial charge in [-0.3, -0.25) is 0 Å². The largest absolute Gasteiger partial charge is 0.456 e. The fourth-order valence-corrected chi connectivity index (χ4v) is 11.3. The second kappa shape index (κ2) is 14.3. The lowest BCUT2D eigenvalue weighted by Gasteiger charge is -2.12. The van der Waals surface area contributed by atoms with Gasteiger partial charge in [0.05, 0.1) is 0 Å². The predicted molar refractivity (Wildman–Crippen MR) is 288 cm³/mol. The van der Waals surface area contributed by atoms with Crippen molar-refractivity contribution in [3.63, 3.8) is 0 Å². The lowest BCUT2D eigenvalue weighted by atomic mass is 9.91. The topological polar surface area (TPSA) is 26.3 Å². The SMILES string of the molecule is c1cc(-c2ccc3oc4cc5c(cc4c3c2)oc2ccc(-c3cccc(-c4ccc6c7ccccc7c7ccccc7c6c4)c3)cc25)cc(-c2ccc3c4ccccc4c4ccccc4c3c2)c1. The van der Waals surface area contributed by atoms with Gasteiger partial charge in [-0.15, -0.1) is 0 Å². The number of hydrogen-bond acceptors (Lipinski definition) is 2. The minimum Gasteiger partial charge on any atom is -0.456 e. The van der Waals surface area contributed by atoms with Gasteiger partial charge in [0.1, 0.15) is 22.3 Å². The summed E-state index contributed by atoms with van der Waals surface area (Å²) in [5, 5.41) is 19.6. The Morgan fingerprint density at radius 1 is 0.147 bits per heavy atom. The van der Waals surface area contributed by atoms with E-state index in [1.165, 1.54) is 86.9 Å². The second-order valence-corrected chi connectivity index (χ2v) is 18.3. The van der Waals surface area contributed by atoms with Crippen LogP contribution in [0.1, 0.15) is 0 Å². The molecule has 2 heterocycles. The molecule has 68 heavy (non-hydrogen) atoms. The van der Waals surface area contributed by atoms with Crippen LogP contribution >= 0.6 is 0 Å². The van der Waals surface area contributed by atoms with Crippen molar-refractivity contribution in [2.45, 2.75) is 0 Å². The minimum atomic E-state index is 0.848. The van der Waals surface area contributed by atoms with Crippen molar-refractivity contribution in [1.82, 2.24) is 0 Å². The molecular weight excluding hydrogens is 825 g/mol. The van der Waals surface area contributed by atoms with Crippen LogP contribution < -0.4 is 0 Å². The van der Waals surface area contributed by atoms with E-state index >= 15 is 0 Å². The molecule has 0 atom stereocenters. The maximum atomic E-state index is 6.59. The number of furan rings is 2. The van der Waals surface area contributed by atoms with Gasteiger partial charge >= 0.3 is 0 Å². The van der Waals surface area contributed by atoms with Gasteiger partial charge in [-0.25, -0.2) is 0 Å². The van der Waals surface area contributed by atoms with Crippen LogP contribution in [0.2, 0.25) is 0 Å². The summed E-state index contributed by atoms with van der Waals surface area (Å²) in [5.41, 5.74) is 12.8. The third-order valence-corrected chi connectivity index (χ3v) is 14.6. The van der Waals surface area contributed by atoms with Crippen LogP contribution in [-0.4, -0.2) is 0 Å². The first-order chi connectivity index (χ1) is 33.7. The van der Waals surface area contributed by atoms with E-state index in [0.717, 1.165) is 66.1 Å². The van der Waals surface area contributed by atoms with Crippen molar-refractivity contribution >= 4 is 109 Å². The number of rotatable bonds is 4. The van der Waals surface area contributed by atoms with E-state index in [4.69, 9.17) is 8.83 Å². The summed E-state index contributed by atoms with van der Waals surface area (Å²) < 4.78 is 13.2. The maximum absolute atomic E-state index is 6.59. The smallest absolute Gasteiger partial charge is 0.136 e. The number of hydrogen-bond donors (Lipinski definition) is 0. The second-order valence-electron chi connectivity index (χ2n) is 18.3. The van der Waals surface area contributed by atoms with Gasteiger partial charge in [-0.1, -0.05) is 170 Å². The highest BCUT2D eigenvalue weighted by Crippen LogP contribution is 2.42. The Balaban J connectivity index is 0.785. The van der Waals surface area contributed by atoms with Gasteiger partial charge < -0.3 is 8.83 Å². The molecule has 0 aliphatic carbocycles. The van der Waals surface area contributed by atoms with Gasteiger partial charge in [-0.2, -0.15) is 0 Å². The van der Waals surface area contributed by atoms with E-state index < -0.39 is 0 Å². The monoisotopic (exact) mass is 862 g/mol. The van der Waals surface area contributed by atoms with Crippen LogP contribution in [0.15, 0.2) is 239 Å². The molecule has 2 nitrogen and oxygen atoms in total. The highest BCUT2D eigenvalue weighted by Gasteiger charge is 2.17. The molecular formula is C66H38O2. The summed E-state index contributed by atoms with van der Waals surface area (Å²) in [6.45, 7) is 0. The zero-order valence-corrected chi connectivity index (χ0v) is 36.8. The highest BCUT2D eigenvalue weighted by atomic mass is 16.3. The molecule has 314 valence electrons. The summed E-state index contributed by atoms with van der Waals surface area (Å²) in [5.74, 6) is 0. The zero-order valence-electron chi connectivity index (χ0n) is 36.8. The van der Waals surface area contributed by atoms with Crippen molar-refractivity contribution in [3.05, 3.63) is 231 Å². The minimum absolute atomic E-state index is 0.848. The number of fused-ring (bicyclic) bond motifs is 18. The molecule has 2 heteroatoms. The van der Waals surface area contributed by atoms with E-state index in [9.17, 15) is 0 Å². The standard InChI is InChI=1S/C66H38O2/c1-3-19-51-47(15-1)49-17-5-7-21-53(49)57-33-43(23-27-55(51)57)39-11-9-13-41(31-39)45-25-29-63-59(35-45)61-37-66-62(38-65(61)67-63)60-36-46(26-30-64(60)68-66)42-14-10-12-40(32-42)44-24-28-56-52-20-4-2-16-48(52)50-18-6-8-22-54(50)58(56)34-44/h1-38H. The fourth-order valence-electron chi connectivity index (χ4n) is 11.3. The first kappa shape index (κ1) is 37.3. The first-order valence-electron chi connectivity index (χ1n) is 23.4. The number of benzene rings is 13. The summed E-state index contributed by atoms with van der Waals surface area (Å²) in [4.78, 5) is 0. The average Bonchev–Trinajstić information content (AvgIpc) is 3.96. The Bertz CT molecular complexity index is 4250. The normalized spacial score (nSPS) is 12.1. The Morgan fingerprint density at radius 3 is 0.735 bits per heavy atom. The molecule has 15 rings (SSSR count). The quantitative estimate of drug-likeness (QED) is 0.165. The average molecular weight is 863 g/mol. The van der Waals surface area contributed by atoms with Crippen molar-refractivity contribution in [2.24, 2.45) is 0 Å². The molecule has 0 N–H and O–H groups in total. The molecule has 0 unspecified atom stereocenters. The predicted octanol–water partition coefficient (Wildman–Crippen LogP) is 19.1. The van der Waals surface area contributed by atoms with Gasteiger partial charge in [0.2, 0.25) is 0 Å². The lowest BCUT2D eigenvalue weighted by molar-refractivity contribution is 0.664. The van der Waals surface area contributed by atoms with Gasteiger partial charge in [0.25, 0.3) is 0 Å². The van der Waals surface area contributed by atoms with Crippen LogP contribution in [-0.2, 0) is 0 Å². The molecule has 0 spiro atoms. The molecule has 13 aromatic carbocycles. The summed E-state index contributed by atoms with van der Waals surface area (Å²) in [6, 6.07) is 84.1. The van der Waals surface area contributed by atoms with Crippen molar-refractivity contribution in [3.8, 4) is 44.5 Å².